The minimum absolute atomic E-state index is 0.00686. The summed E-state index contributed by atoms with van der Waals surface area (Å²) >= 11 is 0. The summed E-state index contributed by atoms with van der Waals surface area (Å²) < 4.78 is 0. The summed E-state index contributed by atoms with van der Waals surface area (Å²) in [6.45, 7) is 7.43. The van der Waals surface area contributed by atoms with E-state index in [0.717, 1.165) is 19.5 Å². The van der Waals surface area contributed by atoms with Gasteiger partial charge in [0.2, 0.25) is 0 Å². The monoisotopic (exact) mass is 237 g/mol. The van der Waals surface area contributed by atoms with Crippen molar-refractivity contribution in [1.29, 1.82) is 5.26 Å². The Kier molecular flexibility index (Phi) is 7.23. The molecule has 17 heavy (non-hydrogen) atoms. The first-order valence-electron chi connectivity index (χ1n) is 7.18. The van der Waals surface area contributed by atoms with E-state index in [1.807, 2.05) is 0 Å². The summed E-state index contributed by atoms with van der Waals surface area (Å²) in [5.74, 6) is 0. The van der Waals surface area contributed by atoms with Gasteiger partial charge in [0, 0.05) is 12.6 Å². The highest BCUT2D eigenvalue weighted by molar-refractivity contribution is 4.93. The van der Waals surface area contributed by atoms with E-state index in [9.17, 15) is 0 Å². The third-order valence-electron chi connectivity index (χ3n) is 3.58. The van der Waals surface area contributed by atoms with Gasteiger partial charge in [-0.1, -0.05) is 26.7 Å². The maximum atomic E-state index is 9.16. The van der Waals surface area contributed by atoms with Crippen LogP contribution in [0.3, 0.4) is 0 Å². The van der Waals surface area contributed by atoms with Gasteiger partial charge in [-0.05, 0) is 38.8 Å². The Morgan fingerprint density at radius 1 is 1.35 bits per heavy atom. The standard InChI is InChI=1S/C14H27N3/c1-3-7-14-8-5-6-10-17(14)12-13(11-15)16-9-4-2/h13-14,16H,3-10,12H2,1-2H3. The molecule has 3 heteroatoms. The van der Waals surface area contributed by atoms with Gasteiger partial charge >= 0.3 is 0 Å². The van der Waals surface area contributed by atoms with Crippen molar-refractivity contribution in [1.82, 2.24) is 10.2 Å². The van der Waals surface area contributed by atoms with Gasteiger partial charge in [0.1, 0.15) is 6.04 Å². The van der Waals surface area contributed by atoms with Crippen molar-refractivity contribution < 1.29 is 0 Å². The van der Waals surface area contributed by atoms with Gasteiger partial charge in [0.05, 0.1) is 6.07 Å². The molecule has 1 N–H and O–H groups in total. The van der Waals surface area contributed by atoms with E-state index in [1.165, 1.54) is 38.6 Å². The number of rotatable bonds is 7. The van der Waals surface area contributed by atoms with Gasteiger partial charge in [-0.15, -0.1) is 0 Å². The second kappa shape index (κ2) is 8.49. The molecule has 1 aliphatic heterocycles. The minimum Gasteiger partial charge on any atom is -0.301 e. The van der Waals surface area contributed by atoms with Crippen LogP contribution >= 0.6 is 0 Å². The van der Waals surface area contributed by atoms with Crippen LogP contribution in [0.4, 0.5) is 0 Å². The van der Waals surface area contributed by atoms with Crippen LogP contribution in [0.15, 0.2) is 0 Å². The van der Waals surface area contributed by atoms with Crippen molar-refractivity contribution >= 4 is 0 Å². The Bertz CT molecular complexity index is 232. The molecule has 1 aliphatic rings. The Morgan fingerprint density at radius 3 is 2.82 bits per heavy atom. The van der Waals surface area contributed by atoms with Crippen molar-refractivity contribution in [2.24, 2.45) is 0 Å². The zero-order valence-corrected chi connectivity index (χ0v) is 11.4. The molecule has 0 aromatic rings. The molecule has 0 amide bonds. The third kappa shape index (κ3) is 5.06. The van der Waals surface area contributed by atoms with E-state index in [1.54, 1.807) is 0 Å². The first-order valence-corrected chi connectivity index (χ1v) is 7.18. The zero-order chi connectivity index (χ0) is 12.5. The van der Waals surface area contributed by atoms with Crippen LogP contribution in [0.1, 0.15) is 52.4 Å². The quantitative estimate of drug-likeness (QED) is 0.739. The van der Waals surface area contributed by atoms with Crippen LogP contribution in [-0.4, -0.2) is 36.6 Å². The molecule has 2 atom stereocenters. The molecule has 0 aromatic carbocycles. The Morgan fingerprint density at radius 2 is 2.18 bits per heavy atom. The average Bonchev–Trinajstić information content (AvgIpc) is 2.36. The molecule has 1 heterocycles. The van der Waals surface area contributed by atoms with Crippen LogP contribution < -0.4 is 5.32 Å². The Balaban J connectivity index is 2.42. The lowest BCUT2D eigenvalue weighted by Gasteiger charge is -2.36. The number of nitriles is 1. The molecule has 1 fully saturated rings. The normalized spacial score (nSPS) is 23.2. The van der Waals surface area contributed by atoms with Gasteiger partial charge < -0.3 is 5.32 Å². The van der Waals surface area contributed by atoms with Gasteiger partial charge in [-0.2, -0.15) is 5.26 Å². The van der Waals surface area contributed by atoms with Crippen molar-refractivity contribution in [3.63, 3.8) is 0 Å². The third-order valence-corrected chi connectivity index (χ3v) is 3.58. The summed E-state index contributed by atoms with van der Waals surface area (Å²) in [6, 6.07) is 3.12. The second-order valence-corrected chi connectivity index (χ2v) is 5.07. The Labute approximate surface area is 106 Å². The molecular weight excluding hydrogens is 210 g/mol. The molecule has 0 saturated carbocycles. The number of hydrogen-bond acceptors (Lipinski definition) is 3. The summed E-state index contributed by atoms with van der Waals surface area (Å²) in [5, 5.41) is 12.5. The van der Waals surface area contributed by atoms with E-state index >= 15 is 0 Å². The van der Waals surface area contributed by atoms with E-state index in [0.29, 0.717) is 6.04 Å². The summed E-state index contributed by atoms with van der Waals surface area (Å²) in [4.78, 5) is 2.53. The average molecular weight is 237 g/mol. The highest BCUT2D eigenvalue weighted by Gasteiger charge is 2.23. The minimum atomic E-state index is 0.00686. The fourth-order valence-electron chi connectivity index (χ4n) is 2.66. The van der Waals surface area contributed by atoms with Crippen molar-refractivity contribution in [2.75, 3.05) is 19.6 Å². The molecule has 1 rings (SSSR count). The molecule has 0 bridgehead atoms. The van der Waals surface area contributed by atoms with Gasteiger partial charge in [-0.25, -0.2) is 0 Å². The smallest absolute Gasteiger partial charge is 0.108 e. The predicted octanol–water partition coefficient (Wildman–Crippen LogP) is 2.53. The van der Waals surface area contributed by atoms with Crippen molar-refractivity contribution in [2.45, 2.75) is 64.5 Å². The topological polar surface area (TPSA) is 39.1 Å². The predicted molar refractivity (Wildman–Crippen MR) is 71.8 cm³/mol. The first-order chi connectivity index (χ1) is 8.31. The zero-order valence-electron chi connectivity index (χ0n) is 11.4. The van der Waals surface area contributed by atoms with Crippen LogP contribution in [0.2, 0.25) is 0 Å². The molecule has 0 radical (unpaired) electrons. The Hall–Kier alpha value is -0.590. The fourth-order valence-corrected chi connectivity index (χ4v) is 2.66. The number of likely N-dealkylation sites (tertiary alicyclic amines) is 1. The summed E-state index contributed by atoms with van der Waals surface area (Å²) in [6.07, 6.45) is 7.61. The number of piperidine rings is 1. The lowest BCUT2D eigenvalue weighted by atomic mass is 9.97. The highest BCUT2D eigenvalue weighted by Crippen LogP contribution is 2.20. The molecule has 1 saturated heterocycles. The second-order valence-electron chi connectivity index (χ2n) is 5.07. The lowest BCUT2D eigenvalue weighted by Crippen LogP contribution is -2.47. The van der Waals surface area contributed by atoms with E-state index in [2.05, 4.69) is 30.1 Å². The summed E-state index contributed by atoms with van der Waals surface area (Å²) in [5.41, 5.74) is 0. The van der Waals surface area contributed by atoms with Crippen molar-refractivity contribution in [3.05, 3.63) is 0 Å². The molecule has 3 nitrogen and oxygen atoms in total. The molecule has 0 aliphatic carbocycles. The number of nitrogens with zero attached hydrogens (tertiary/aromatic N) is 2. The number of nitrogens with one attached hydrogen (secondary N) is 1. The molecule has 98 valence electrons. The van der Waals surface area contributed by atoms with E-state index in [-0.39, 0.29) is 6.04 Å². The van der Waals surface area contributed by atoms with Crippen LogP contribution in [0, 0.1) is 11.3 Å². The maximum Gasteiger partial charge on any atom is 0.108 e. The molecule has 2 unspecified atom stereocenters. The van der Waals surface area contributed by atoms with Gasteiger partial charge in [-0.3, -0.25) is 4.90 Å². The maximum absolute atomic E-state index is 9.16. The lowest BCUT2D eigenvalue weighted by molar-refractivity contribution is 0.132. The largest absolute Gasteiger partial charge is 0.301 e. The van der Waals surface area contributed by atoms with Crippen molar-refractivity contribution in [3.8, 4) is 6.07 Å². The van der Waals surface area contributed by atoms with Crippen LogP contribution in [0.25, 0.3) is 0 Å². The van der Waals surface area contributed by atoms with E-state index < -0.39 is 0 Å². The first kappa shape index (κ1) is 14.5. The molecular formula is C14H27N3. The molecule has 0 aromatic heterocycles. The van der Waals surface area contributed by atoms with Gasteiger partial charge in [0.15, 0.2) is 0 Å². The SMILES string of the molecule is CCCNC(C#N)CN1CCCCC1CCC. The van der Waals surface area contributed by atoms with Crippen LogP contribution in [0.5, 0.6) is 0 Å². The van der Waals surface area contributed by atoms with Gasteiger partial charge in [0.25, 0.3) is 0 Å². The van der Waals surface area contributed by atoms with Crippen LogP contribution in [-0.2, 0) is 0 Å². The number of hydrogen-bond donors (Lipinski definition) is 1. The summed E-state index contributed by atoms with van der Waals surface area (Å²) in [7, 11) is 0. The fraction of sp³-hybridized carbons (Fsp3) is 0.929. The highest BCUT2D eigenvalue weighted by atomic mass is 15.2. The molecule has 0 spiro atoms. The van der Waals surface area contributed by atoms with E-state index in [4.69, 9.17) is 5.26 Å².